The topological polar surface area (TPSA) is 179 Å². The second-order valence-corrected chi connectivity index (χ2v) is 11.5. The number of rotatable bonds is 9. The number of fused-ring (bicyclic) bond motifs is 1. The molecule has 1 amide bonds. The van der Waals surface area contributed by atoms with Crippen molar-refractivity contribution in [3.63, 3.8) is 0 Å². The highest BCUT2D eigenvalue weighted by molar-refractivity contribution is 7.91. The van der Waals surface area contributed by atoms with Crippen LogP contribution >= 0.6 is 0 Å². The van der Waals surface area contributed by atoms with Crippen molar-refractivity contribution >= 4 is 38.7 Å². The average Bonchev–Trinajstić information content (AvgIpc) is 3.54. The summed E-state index contributed by atoms with van der Waals surface area (Å²) in [7, 11) is -0.0857. The number of carbonyl (C=O) groups excluding carboxylic acids is 1. The fraction of sp³-hybridized carbons (Fsp3) is 0.417. The number of ether oxygens (including phenoxy) is 2. The SMILES string of the molecule is COC(=O)Nc1nc(NCc2noc(C)n2)c2c(cnn2Cc2ccc(CN3CCS(=O)(=O)CC3)cc2OC)n1. The maximum atomic E-state index is 11.8. The standard InChI is InChI=1S/C24H29N9O6S/c1-15-27-20(31-39-15)12-25-22-21-18(28-23(29-22)30-24(34)38-3)11-26-33(21)14-17-5-4-16(10-19(17)37-2)13-32-6-8-40(35,36)9-7-32/h4-5,10-11H,6-9,12-14H2,1-3H3,(H2,25,28,29,30,34). The third-order valence-corrected chi connectivity index (χ3v) is 8.00. The Bertz CT molecular complexity index is 1620. The molecule has 2 N–H and O–H groups in total. The Morgan fingerprint density at radius 1 is 1.12 bits per heavy atom. The van der Waals surface area contributed by atoms with Gasteiger partial charge in [0.2, 0.25) is 11.8 Å². The summed E-state index contributed by atoms with van der Waals surface area (Å²) in [6.07, 6.45) is 0.872. The van der Waals surface area contributed by atoms with Gasteiger partial charge in [-0.05, 0) is 11.6 Å². The molecule has 15 nitrogen and oxygen atoms in total. The van der Waals surface area contributed by atoms with E-state index in [9.17, 15) is 13.2 Å². The normalized spacial score (nSPS) is 15.2. The number of amides is 1. The van der Waals surface area contributed by atoms with Crippen LogP contribution in [0.5, 0.6) is 5.75 Å². The van der Waals surface area contributed by atoms with Gasteiger partial charge in [0.1, 0.15) is 16.8 Å². The van der Waals surface area contributed by atoms with E-state index in [0.29, 0.717) is 60.5 Å². The monoisotopic (exact) mass is 571 g/mol. The summed E-state index contributed by atoms with van der Waals surface area (Å²) < 4.78 is 40.6. The summed E-state index contributed by atoms with van der Waals surface area (Å²) >= 11 is 0. The highest BCUT2D eigenvalue weighted by atomic mass is 32.2. The van der Waals surface area contributed by atoms with Gasteiger partial charge < -0.3 is 19.3 Å². The summed E-state index contributed by atoms with van der Waals surface area (Å²) in [6, 6.07) is 5.92. The van der Waals surface area contributed by atoms with E-state index >= 15 is 0 Å². The Hall–Kier alpha value is -4.31. The fourth-order valence-corrected chi connectivity index (χ4v) is 5.64. The molecule has 1 fully saturated rings. The Morgan fingerprint density at radius 3 is 2.62 bits per heavy atom. The van der Waals surface area contributed by atoms with E-state index in [1.54, 1.807) is 24.9 Å². The Balaban J connectivity index is 1.41. The molecular formula is C24H29N9O6S. The van der Waals surface area contributed by atoms with Crippen molar-refractivity contribution in [2.24, 2.45) is 0 Å². The van der Waals surface area contributed by atoms with Crippen molar-refractivity contribution in [2.75, 3.05) is 49.4 Å². The van der Waals surface area contributed by atoms with Crippen LogP contribution in [0.4, 0.5) is 16.6 Å². The van der Waals surface area contributed by atoms with Crippen LogP contribution in [-0.4, -0.2) is 88.1 Å². The van der Waals surface area contributed by atoms with Gasteiger partial charge in [-0.3, -0.25) is 14.9 Å². The zero-order valence-corrected chi connectivity index (χ0v) is 23.1. The van der Waals surface area contributed by atoms with Crippen LogP contribution < -0.4 is 15.4 Å². The molecular weight excluding hydrogens is 542 g/mol. The number of methoxy groups -OCH3 is 2. The number of nitrogens with zero attached hydrogens (tertiary/aromatic N) is 7. The average molecular weight is 572 g/mol. The number of hydrogen-bond acceptors (Lipinski definition) is 13. The van der Waals surface area contributed by atoms with E-state index in [1.807, 2.05) is 18.2 Å². The third-order valence-electron chi connectivity index (χ3n) is 6.39. The molecule has 0 saturated carbocycles. The van der Waals surface area contributed by atoms with E-state index in [0.717, 1.165) is 11.1 Å². The molecule has 0 spiro atoms. The largest absolute Gasteiger partial charge is 0.496 e. The molecule has 40 heavy (non-hydrogen) atoms. The smallest absolute Gasteiger partial charge is 0.413 e. The van der Waals surface area contributed by atoms with Gasteiger partial charge in [-0.25, -0.2) is 18.2 Å². The molecule has 0 atom stereocenters. The minimum atomic E-state index is -2.94. The highest BCUT2D eigenvalue weighted by Crippen LogP contribution is 2.27. The summed E-state index contributed by atoms with van der Waals surface area (Å²) in [6.45, 7) is 3.91. The number of aryl methyl sites for hydroxylation is 1. The van der Waals surface area contributed by atoms with Gasteiger partial charge in [-0.15, -0.1) is 0 Å². The van der Waals surface area contributed by atoms with Gasteiger partial charge >= 0.3 is 6.09 Å². The second kappa shape index (κ2) is 11.4. The molecule has 5 rings (SSSR count). The number of anilines is 2. The van der Waals surface area contributed by atoms with Gasteiger partial charge in [-0.2, -0.15) is 15.1 Å². The molecule has 3 aromatic heterocycles. The van der Waals surface area contributed by atoms with Crippen LogP contribution in [0.25, 0.3) is 11.0 Å². The van der Waals surface area contributed by atoms with Gasteiger partial charge in [0.05, 0.1) is 45.0 Å². The first kappa shape index (κ1) is 27.3. The van der Waals surface area contributed by atoms with E-state index in [2.05, 4.69) is 45.5 Å². The molecule has 4 aromatic rings. The van der Waals surface area contributed by atoms with Crippen LogP contribution in [0.15, 0.2) is 28.9 Å². The molecule has 0 bridgehead atoms. The molecule has 16 heteroatoms. The van der Waals surface area contributed by atoms with Crippen molar-refractivity contribution in [3.8, 4) is 5.75 Å². The molecule has 4 heterocycles. The number of nitrogens with one attached hydrogen (secondary N) is 2. The molecule has 0 aliphatic carbocycles. The second-order valence-electron chi connectivity index (χ2n) is 9.21. The van der Waals surface area contributed by atoms with Crippen molar-refractivity contribution in [3.05, 3.63) is 47.2 Å². The van der Waals surface area contributed by atoms with Crippen molar-refractivity contribution in [1.29, 1.82) is 0 Å². The predicted molar refractivity (Wildman–Crippen MR) is 144 cm³/mol. The Kier molecular flexibility index (Phi) is 7.79. The van der Waals surface area contributed by atoms with Gasteiger partial charge in [0.25, 0.3) is 0 Å². The first-order valence-electron chi connectivity index (χ1n) is 12.4. The molecule has 1 aliphatic heterocycles. The first-order valence-corrected chi connectivity index (χ1v) is 14.3. The molecule has 212 valence electrons. The van der Waals surface area contributed by atoms with E-state index in [4.69, 9.17) is 9.26 Å². The van der Waals surface area contributed by atoms with Crippen LogP contribution in [-0.2, 0) is 34.2 Å². The van der Waals surface area contributed by atoms with Gasteiger partial charge in [-0.1, -0.05) is 17.3 Å². The third kappa shape index (κ3) is 6.28. The predicted octanol–water partition coefficient (Wildman–Crippen LogP) is 1.60. The minimum Gasteiger partial charge on any atom is -0.496 e. The van der Waals surface area contributed by atoms with Crippen molar-refractivity contribution in [2.45, 2.75) is 26.6 Å². The maximum Gasteiger partial charge on any atom is 0.413 e. The summed E-state index contributed by atoms with van der Waals surface area (Å²) in [5, 5.41) is 14.1. The zero-order valence-electron chi connectivity index (χ0n) is 22.2. The lowest BCUT2D eigenvalue weighted by molar-refractivity contribution is 0.186. The molecule has 1 saturated heterocycles. The maximum absolute atomic E-state index is 11.8. The van der Waals surface area contributed by atoms with Crippen LogP contribution in [0.1, 0.15) is 22.8 Å². The number of aromatic nitrogens is 6. The number of benzene rings is 1. The summed E-state index contributed by atoms with van der Waals surface area (Å²) in [5.74, 6) is 2.33. The number of sulfone groups is 1. The zero-order chi connectivity index (χ0) is 28.3. The summed E-state index contributed by atoms with van der Waals surface area (Å²) in [5.41, 5.74) is 2.97. The Labute approximate surface area is 229 Å². The molecule has 1 aliphatic rings. The highest BCUT2D eigenvalue weighted by Gasteiger charge is 2.22. The van der Waals surface area contributed by atoms with Crippen LogP contribution in [0, 0.1) is 6.92 Å². The van der Waals surface area contributed by atoms with E-state index in [-0.39, 0.29) is 24.0 Å². The minimum absolute atomic E-state index is 0.0399. The molecule has 0 unspecified atom stereocenters. The lowest BCUT2D eigenvalue weighted by Gasteiger charge is -2.26. The van der Waals surface area contributed by atoms with Crippen LogP contribution in [0.2, 0.25) is 0 Å². The Morgan fingerprint density at radius 2 is 1.93 bits per heavy atom. The lowest BCUT2D eigenvalue weighted by atomic mass is 10.1. The fourth-order valence-electron chi connectivity index (χ4n) is 4.36. The summed E-state index contributed by atoms with van der Waals surface area (Å²) in [4.78, 5) is 27.0. The van der Waals surface area contributed by atoms with Crippen molar-refractivity contribution < 1.29 is 27.2 Å². The van der Waals surface area contributed by atoms with Crippen molar-refractivity contribution in [1.82, 2.24) is 34.8 Å². The quantitative estimate of drug-likeness (QED) is 0.296. The number of hydrogen-bond donors (Lipinski definition) is 2. The van der Waals surface area contributed by atoms with Crippen LogP contribution in [0.3, 0.4) is 0 Å². The van der Waals surface area contributed by atoms with Gasteiger partial charge in [0, 0.05) is 32.1 Å². The lowest BCUT2D eigenvalue weighted by Crippen LogP contribution is -2.39. The van der Waals surface area contributed by atoms with E-state index < -0.39 is 15.9 Å². The molecule has 1 aromatic carbocycles. The number of carbonyl (C=O) groups is 1. The van der Waals surface area contributed by atoms with Gasteiger partial charge in [0.15, 0.2) is 21.5 Å². The molecule has 0 radical (unpaired) electrons. The first-order chi connectivity index (χ1) is 19.2. The van der Waals surface area contributed by atoms with E-state index in [1.165, 1.54) is 7.11 Å².